The lowest BCUT2D eigenvalue weighted by Gasteiger charge is -2.04. The van der Waals surface area contributed by atoms with Gasteiger partial charge in [-0.1, -0.05) is 0 Å². The zero-order valence-corrected chi connectivity index (χ0v) is 8.55. The number of aromatic nitrogens is 2. The summed E-state index contributed by atoms with van der Waals surface area (Å²) in [6, 6.07) is 1.17. The highest BCUT2D eigenvalue weighted by atomic mass is 19.3. The van der Waals surface area contributed by atoms with Crippen LogP contribution in [0.1, 0.15) is 12.1 Å². The standard InChI is InChI=1S/C10H5F5N2O/c11-4-1-6(13)8(2-5(4)12)17-9(18)3-7(16-17)10(14)15/h1-3,10,16H. The van der Waals surface area contributed by atoms with Crippen LogP contribution in [0.3, 0.4) is 0 Å². The van der Waals surface area contributed by atoms with Crippen molar-refractivity contribution in [3.8, 4) is 5.69 Å². The van der Waals surface area contributed by atoms with E-state index in [0.717, 1.165) is 0 Å². The summed E-state index contributed by atoms with van der Waals surface area (Å²) in [5, 5.41) is 1.91. The minimum absolute atomic E-state index is 0.222. The lowest BCUT2D eigenvalue weighted by atomic mass is 10.3. The zero-order chi connectivity index (χ0) is 13.4. The van der Waals surface area contributed by atoms with Gasteiger partial charge in [-0.3, -0.25) is 9.89 Å². The molecule has 1 N–H and O–H groups in total. The minimum Gasteiger partial charge on any atom is -0.289 e. The van der Waals surface area contributed by atoms with Crippen molar-refractivity contribution in [3.63, 3.8) is 0 Å². The van der Waals surface area contributed by atoms with E-state index in [4.69, 9.17) is 0 Å². The number of nitrogens with zero attached hydrogens (tertiary/aromatic N) is 1. The maximum absolute atomic E-state index is 13.3. The summed E-state index contributed by atoms with van der Waals surface area (Å²) < 4.78 is 63.9. The van der Waals surface area contributed by atoms with Crippen LogP contribution < -0.4 is 5.56 Å². The number of aromatic amines is 1. The average Bonchev–Trinajstić information content (AvgIpc) is 2.66. The van der Waals surface area contributed by atoms with Gasteiger partial charge in [0.2, 0.25) is 0 Å². The quantitative estimate of drug-likeness (QED) is 0.656. The first-order chi connectivity index (χ1) is 8.40. The Balaban J connectivity index is 2.62. The largest absolute Gasteiger partial charge is 0.289 e. The molecular weight excluding hydrogens is 259 g/mol. The maximum atomic E-state index is 13.3. The van der Waals surface area contributed by atoms with Crippen LogP contribution >= 0.6 is 0 Å². The van der Waals surface area contributed by atoms with E-state index in [1.807, 2.05) is 5.10 Å². The van der Waals surface area contributed by atoms with Gasteiger partial charge in [-0.2, -0.15) is 0 Å². The molecule has 0 spiro atoms. The van der Waals surface area contributed by atoms with Crippen LogP contribution in [0.4, 0.5) is 22.0 Å². The topological polar surface area (TPSA) is 37.8 Å². The summed E-state index contributed by atoms with van der Waals surface area (Å²) in [4.78, 5) is 11.3. The van der Waals surface area contributed by atoms with Crippen LogP contribution in [-0.2, 0) is 0 Å². The molecule has 0 aliphatic rings. The molecule has 0 saturated carbocycles. The fraction of sp³-hybridized carbons (Fsp3) is 0.100. The second kappa shape index (κ2) is 4.28. The molecular formula is C10H5F5N2O. The number of benzene rings is 1. The molecule has 0 unspecified atom stereocenters. The van der Waals surface area contributed by atoms with E-state index in [0.29, 0.717) is 16.8 Å². The summed E-state index contributed by atoms with van der Waals surface area (Å²) in [6.45, 7) is 0. The lowest BCUT2D eigenvalue weighted by Crippen LogP contribution is -2.15. The molecule has 0 aliphatic carbocycles. The summed E-state index contributed by atoms with van der Waals surface area (Å²) in [7, 11) is 0. The predicted octanol–water partition coefficient (Wildman–Crippen LogP) is 2.52. The third-order valence-electron chi connectivity index (χ3n) is 2.21. The molecule has 0 fully saturated rings. The Labute approximate surface area is 96.4 Å². The summed E-state index contributed by atoms with van der Waals surface area (Å²) in [5.41, 5.74) is -2.43. The normalized spacial score (nSPS) is 11.2. The van der Waals surface area contributed by atoms with Crippen molar-refractivity contribution in [3.05, 3.63) is 51.7 Å². The molecule has 0 atom stereocenters. The minimum atomic E-state index is -2.97. The first-order valence-corrected chi connectivity index (χ1v) is 4.65. The molecule has 2 aromatic rings. The van der Waals surface area contributed by atoms with Gasteiger partial charge in [-0.15, -0.1) is 0 Å². The second-order valence-corrected chi connectivity index (χ2v) is 3.40. The van der Waals surface area contributed by atoms with Crippen molar-refractivity contribution >= 4 is 0 Å². The molecule has 2 rings (SSSR count). The molecule has 0 bridgehead atoms. The van der Waals surface area contributed by atoms with Gasteiger partial charge in [0.15, 0.2) is 17.5 Å². The first-order valence-electron chi connectivity index (χ1n) is 4.65. The SMILES string of the molecule is O=c1cc(C(F)F)[nH]n1-c1cc(F)c(F)cc1F. The van der Waals surface area contributed by atoms with Gasteiger partial charge in [0.25, 0.3) is 12.0 Å². The summed E-state index contributed by atoms with van der Waals surface area (Å²) in [6.07, 6.45) is -2.97. The molecule has 1 heterocycles. The van der Waals surface area contributed by atoms with Crippen molar-refractivity contribution in [1.82, 2.24) is 9.78 Å². The highest BCUT2D eigenvalue weighted by Crippen LogP contribution is 2.18. The van der Waals surface area contributed by atoms with E-state index >= 15 is 0 Å². The second-order valence-electron chi connectivity index (χ2n) is 3.40. The van der Waals surface area contributed by atoms with Crippen molar-refractivity contribution in [2.24, 2.45) is 0 Å². The maximum Gasteiger partial charge on any atom is 0.279 e. The van der Waals surface area contributed by atoms with E-state index in [-0.39, 0.29) is 6.07 Å². The number of hydrogen-bond acceptors (Lipinski definition) is 1. The third-order valence-corrected chi connectivity index (χ3v) is 2.21. The number of H-pyrrole nitrogens is 1. The van der Waals surface area contributed by atoms with Crippen molar-refractivity contribution < 1.29 is 22.0 Å². The number of rotatable bonds is 2. The molecule has 1 aromatic heterocycles. The number of hydrogen-bond donors (Lipinski definition) is 1. The molecule has 8 heteroatoms. The zero-order valence-electron chi connectivity index (χ0n) is 8.55. The van der Waals surface area contributed by atoms with Crippen LogP contribution in [0.2, 0.25) is 0 Å². The Kier molecular flexibility index (Phi) is 2.93. The van der Waals surface area contributed by atoms with Crippen molar-refractivity contribution in [1.29, 1.82) is 0 Å². The molecule has 0 aliphatic heterocycles. The van der Waals surface area contributed by atoms with E-state index in [9.17, 15) is 26.7 Å². The average molecular weight is 264 g/mol. The number of alkyl halides is 2. The van der Waals surface area contributed by atoms with Gasteiger partial charge in [-0.05, 0) is 0 Å². The van der Waals surface area contributed by atoms with E-state index in [1.54, 1.807) is 0 Å². The van der Waals surface area contributed by atoms with Gasteiger partial charge in [-0.25, -0.2) is 26.6 Å². The smallest absolute Gasteiger partial charge is 0.279 e. The molecule has 96 valence electrons. The molecule has 0 radical (unpaired) electrons. The van der Waals surface area contributed by atoms with Crippen LogP contribution in [-0.4, -0.2) is 9.78 Å². The Morgan fingerprint density at radius 3 is 2.17 bits per heavy atom. The fourth-order valence-electron chi connectivity index (χ4n) is 1.39. The highest BCUT2D eigenvalue weighted by molar-refractivity contribution is 5.34. The summed E-state index contributed by atoms with van der Waals surface area (Å²) in [5.74, 6) is -4.09. The molecule has 3 nitrogen and oxygen atoms in total. The molecule has 0 saturated heterocycles. The van der Waals surface area contributed by atoms with Crippen LogP contribution in [0.15, 0.2) is 23.0 Å². The predicted molar refractivity (Wildman–Crippen MR) is 51.2 cm³/mol. The van der Waals surface area contributed by atoms with Crippen LogP contribution in [0.25, 0.3) is 5.69 Å². The highest BCUT2D eigenvalue weighted by Gasteiger charge is 2.17. The summed E-state index contributed by atoms with van der Waals surface area (Å²) >= 11 is 0. The van der Waals surface area contributed by atoms with Gasteiger partial charge in [0.1, 0.15) is 11.4 Å². The monoisotopic (exact) mass is 264 g/mol. The van der Waals surface area contributed by atoms with Crippen molar-refractivity contribution in [2.45, 2.75) is 6.43 Å². The van der Waals surface area contributed by atoms with Crippen LogP contribution in [0, 0.1) is 17.5 Å². The van der Waals surface area contributed by atoms with Crippen LogP contribution in [0.5, 0.6) is 0 Å². The molecule has 18 heavy (non-hydrogen) atoms. The lowest BCUT2D eigenvalue weighted by molar-refractivity contribution is 0.145. The Bertz CT molecular complexity index is 646. The van der Waals surface area contributed by atoms with Gasteiger partial charge in [0.05, 0.1) is 0 Å². The first kappa shape index (κ1) is 12.3. The van der Waals surface area contributed by atoms with Gasteiger partial charge >= 0.3 is 0 Å². The third kappa shape index (κ3) is 2.01. The molecule has 1 aromatic carbocycles. The fourth-order valence-corrected chi connectivity index (χ4v) is 1.39. The molecule has 0 amide bonds. The van der Waals surface area contributed by atoms with Gasteiger partial charge < -0.3 is 0 Å². The Morgan fingerprint density at radius 2 is 1.61 bits per heavy atom. The van der Waals surface area contributed by atoms with E-state index in [2.05, 4.69) is 0 Å². The Morgan fingerprint density at radius 1 is 1.00 bits per heavy atom. The van der Waals surface area contributed by atoms with E-state index in [1.165, 1.54) is 0 Å². The number of halogens is 5. The van der Waals surface area contributed by atoms with Crippen molar-refractivity contribution in [2.75, 3.05) is 0 Å². The van der Waals surface area contributed by atoms with E-state index < -0.39 is 40.8 Å². The Hall–Kier alpha value is -2.12. The van der Waals surface area contributed by atoms with Gasteiger partial charge in [0, 0.05) is 18.2 Å². The number of nitrogens with one attached hydrogen (secondary N) is 1.